The van der Waals surface area contributed by atoms with Crippen molar-refractivity contribution in [1.82, 2.24) is 25.5 Å². The Morgan fingerprint density at radius 1 is 0.964 bits per heavy atom. The molecule has 4 rings (SSSR count). The lowest BCUT2D eigenvalue weighted by Crippen LogP contribution is -2.22. The van der Waals surface area contributed by atoms with E-state index in [0.717, 1.165) is 16.8 Å². The maximum Gasteiger partial charge on any atom is 0.251 e. The van der Waals surface area contributed by atoms with Crippen molar-refractivity contribution in [3.8, 4) is 16.8 Å². The third-order valence-corrected chi connectivity index (χ3v) is 4.45. The molecule has 138 valence electrons. The van der Waals surface area contributed by atoms with E-state index in [-0.39, 0.29) is 5.91 Å². The van der Waals surface area contributed by atoms with E-state index in [9.17, 15) is 4.79 Å². The van der Waals surface area contributed by atoms with Gasteiger partial charge in [-0.25, -0.2) is 4.68 Å². The Bertz CT molecular complexity index is 1110. The van der Waals surface area contributed by atoms with Gasteiger partial charge in [-0.05, 0) is 58.3 Å². The number of carbonyl (C=O) groups excluding carboxylic acids is 1. The number of benzene rings is 3. The maximum absolute atomic E-state index is 12.6. The zero-order chi connectivity index (χ0) is 19.3. The normalized spacial score (nSPS) is 10.6. The average molecular weight is 369 g/mol. The molecule has 0 saturated carbocycles. The van der Waals surface area contributed by atoms with Crippen LogP contribution in [-0.2, 0) is 6.54 Å². The summed E-state index contributed by atoms with van der Waals surface area (Å²) in [6, 6.07) is 23.8. The van der Waals surface area contributed by atoms with Gasteiger partial charge in [-0.15, -0.1) is 5.10 Å². The summed E-state index contributed by atoms with van der Waals surface area (Å²) in [4.78, 5) is 12.6. The fraction of sp³-hybridized carbons (Fsp3) is 0.0909. The van der Waals surface area contributed by atoms with Gasteiger partial charge in [0.25, 0.3) is 5.91 Å². The second-order valence-electron chi connectivity index (χ2n) is 6.56. The van der Waals surface area contributed by atoms with Crippen LogP contribution in [0, 0.1) is 6.92 Å². The molecule has 1 aromatic heterocycles. The summed E-state index contributed by atoms with van der Waals surface area (Å²) in [6.07, 6.45) is 1.49. The third kappa shape index (κ3) is 3.96. The van der Waals surface area contributed by atoms with Crippen molar-refractivity contribution >= 4 is 5.91 Å². The lowest BCUT2D eigenvalue weighted by molar-refractivity contribution is 0.0951. The standard InChI is InChI=1S/C22H19N5O/c1-16-5-2-7-18(11-16)19-8-3-6-17(12-19)14-23-22(28)20-9-4-10-21(13-20)27-15-24-25-26-27/h2-13,15H,14H2,1H3,(H,23,28). The first-order chi connectivity index (χ1) is 13.7. The van der Waals surface area contributed by atoms with Crippen molar-refractivity contribution in [3.05, 3.63) is 95.8 Å². The molecule has 6 heteroatoms. The summed E-state index contributed by atoms with van der Waals surface area (Å²) < 4.78 is 1.52. The van der Waals surface area contributed by atoms with Crippen molar-refractivity contribution in [1.29, 1.82) is 0 Å². The highest BCUT2D eigenvalue weighted by molar-refractivity contribution is 5.94. The van der Waals surface area contributed by atoms with Gasteiger partial charge in [-0.3, -0.25) is 4.79 Å². The van der Waals surface area contributed by atoms with Gasteiger partial charge in [0.1, 0.15) is 6.33 Å². The second-order valence-corrected chi connectivity index (χ2v) is 6.56. The first kappa shape index (κ1) is 17.6. The summed E-state index contributed by atoms with van der Waals surface area (Å²) in [5, 5.41) is 14.1. The van der Waals surface area contributed by atoms with E-state index in [2.05, 4.69) is 64.2 Å². The van der Waals surface area contributed by atoms with Gasteiger partial charge in [-0.1, -0.05) is 54.1 Å². The predicted octanol–water partition coefficient (Wildman–Crippen LogP) is 3.57. The molecule has 1 heterocycles. The first-order valence-electron chi connectivity index (χ1n) is 8.97. The highest BCUT2D eigenvalue weighted by Gasteiger charge is 2.08. The Labute approximate surface area is 162 Å². The number of tetrazole rings is 1. The molecule has 28 heavy (non-hydrogen) atoms. The van der Waals surface area contributed by atoms with Crippen molar-refractivity contribution in [2.75, 3.05) is 0 Å². The molecule has 0 aliphatic carbocycles. The fourth-order valence-corrected chi connectivity index (χ4v) is 3.04. The minimum Gasteiger partial charge on any atom is -0.348 e. The summed E-state index contributed by atoms with van der Waals surface area (Å²) in [7, 11) is 0. The van der Waals surface area contributed by atoms with Crippen molar-refractivity contribution in [2.24, 2.45) is 0 Å². The van der Waals surface area contributed by atoms with Crippen LogP contribution < -0.4 is 5.32 Å². The van der Waals surface area contributed by atoms with Crippen LogP contribution >= 0.6 is 0 Å². The predicted molar refractivity (Wildman–Crippen MR) is 107 cm³/mol. The lowest BCUT2D eigenvalue weighted by Gasteiger charge is -2.09. The van der Waals surface area contributed by atoms with Crippen LogP contribution in [0.15, 0.2) is 79.1 Å². The van der Waals surface area contributed by atoms with Gasteiger partial charge in [0.05, 0.1) is 5.69 Å². The number of hydrogen-bond donors (Lipinski definition) is 1. The molecular formula is C22H19N5O. The maximum atomic E-state index is 12.6. The molecule has 0 atom stereocenters. The van der Waals surface area contributed by atoms with E-state index >= 15 is 0 Å². The van der Waals surface area contributed by atoms with Gasteiger partial charge in [0.2, 0.25) is 0 Å². The molecule has 6 nitrogen and oxygen atoms in total. The number of nitrogens with one attached hydrogen (secondary N) is 1. The van der Waals surface area contributed by atoms with E-state index in [1.807, 2.05) is 24.3 Å². The van der Waals surface area contributed by atoms with Crippen molar-refractivity contribution in [2.45, 2.75) is 13.5 Å². The van der Waals surface area contributed by atoms with E-state index in [0.29, 0.717) is 12.1 Å². The van der Waals surface area contributed by atoms with Crippen molar-refractivity contribution < 1.29 is 4.79 Å². The van der Waals surface area contributed by atoms with Gasteiger partial charge >= 0.3 is 0 Å². The van der Waals surface area contributed by atoms with E-state index < -0.39 is 0 Å². The summed E-state index contributed by atoms with van der Waals surface area (Å²) >= 11 is 0. The number of hydrogen-bond acceptors (Lipinski definition) is 4. The fourth-order valence-electron chi connectivity index (χ4n) is 3.04. The monoisotopic (exact) mass is 369 g/mol. The molecule has 0 bridgehead atoms. The number of aromatic nitrogens is 4. The Morgan fingerprint density at radius 2 is 1.75 bits per heavy atom. The Balaban J connectivity index is 1.47. The minimum absolute atomic E-state index is 0.143. The highest BCUT2D eigenvalue weighted by Crippen LogP contribution is 2.21. The number of amides is 1. The molecule has 1 amide bonds. The van der Waals surface area contributed by atoms with Gasteiger partial charge in [0, 0.05) is 12.1 Å². The summed E-state index contributed by atoms with van der Waals surface area (Å²) in [6.45, 7) is 2.53. The van der Waals surface area contributed by atoms with E-state index in [1.165, 1.54) is 22.1 Å². The molecule has 0 radical (unpaired) electrons. The van der Waals surface area contributed by atoms with Crippen LogP contribution in [0.25, 0.3) is 16.8 Å². The SMILES string of the molecule is Cc1cccc(-c2cccc(CNC(=O)c3cccc(-n4cnnn4)c3)c2)c1. The van der Waals surface area contributed by atoms with Crippen LogP contribution in [0.2, 0.25) is 0 Å². The van der Waals surface area contributed by atoms with Gasteiger partial charge in [-0.2, -0.15) is 0 Å². The Hall–Kier alpha value is -3.80. The largest absolute Gasteiger partial charge is 0.348 e. The highest BCUT2D eigenvalue weighted by atomic mass is 16.1. The lowest BCUT2D eigenvalue weighted by atomic mass is 10.0. The van der Waals surface area contributed by atoms with Crippen molar-refractivity contribution in [3.63, 3.8) is 0 Å². The van der Waals surface area contributed by atoms with Crippen LogP contribution in [0.5, 0.6) is 0 Å². The Morgan fingerprint density at radius 3 is 2.54 bits per heavy atom. The Kier molecular flexibility index (Phi) is 4.93. The smallest absolute Gasteiger partial charge is 0.251 e. The molecule has 4 aromatic rings. The molecule has 0 unspecified atom stereocenters. The molecule has 1 N–H and O–H groups in total. The quantitative estimate of drug-likeness (QED) is 0.584. The van der Waals surface area contributed by atoms with Gasteiger partial charge in [0.15, 0.2) is 0 Å². The second kappa shape index (κ2) is 7.84. The minimum atomic E-state index is -0.143. The zero-order valence-electron chi connectivity index (χ0n) is 15.4. The van der Waals surface area contributed by atoms with Crippen LogP contribution in [-0.4, -0.2) is 26.1 Å². The number of carbonyl (C=O) groups is 1. The van der Waals surface area contributed by atoms with E-state index in [4.69, 9.17) is 0 Å². The van der Waals surface area contributed by atoms with E-state index in [1.54, 1.807) is 12.1 Å². The van der Waals surface area contributed by atoms with Crippen LogP contribution in [0.1, 0.15) is 21.5 Å². The molecule has 0 aliphatic heterocycles. The molecule has 0 aliphatic rings. The summed E-state index contributed by atoms with van der Waals surface area (Å²) in [5.74, 6) is -0.143. The summed E-state index contributed by atoms with van der Waals surface area (Å²) in [5.41, 5.74) is 5.86. The number of rotatable bonds is 5. The molecule has 0 fully saturated rings. The molecule has 0 spiro atoms. The first-order valence-corrected chi connectivity index (χ1v) is 8.97. The topological polar surface area (TPSA) is 72.7 Å². The zero-order valence-corrected chi connectivity index (χ0v) is 15.4. The van der Waals surface area contributed by atoms with Crippen LogP contribution in [0.4, 0.5) is 0 Å². The molecule has 0 saturated heterocycles. The molecule has 3 aromatic carbocycles. The van der Waals surface area contributed by atoms with Crippen LogP contribution in [0.3, 0.4) is 0 Å². The number of aryl methyl sites for hydroxylation is 1. The molecular weight excluding hydrogens is 350 g/mol. The third-order valence-electron chi connectivity index (χ3n) is 4.45. The average Bonchev–Trinajstić information content (AvgIpc) is 3.27. The van der Waals surface area contributed by atoms with Gasteiger partial charge < -0.3 is 5.32 Å². The number of nitrogens with zero attached hydrogens (tertiary/aromatic N) is 4.